The lowest BCUT2D eigenvalue weighted by atomic mass is 10.2. The first kappa shape index (κ1) is 15.8. The predicted octanol–water partition coefficient (Wildman–Crippen LogP) is 3.74. The van der Waals surface area contributed by atoms with Gasteiger partial charge in [0.1, 0.15) is 0 Å². The van der Waals surface area contributed by atoms with Crippen LogP contribution in [-0.4, -0.2) is 30.1 Å². The van der Waals surface area contributed by atoms with Crippen LogP contribution in [0.15, 0.2) is 54.6 Å². The van der Waals surface area contributed by atoms with Crippen LogP contribution in [0.5, 0.6) is 0 Å². The van der Waals surface area contributed by atoms with Gasteiger partial charge in [-0.15, -0.1) is 0 Å². The largest absolute Gasteiger partial charge is 0.334 e. The van der Waals surface area contributed by atoms with Crippen LogP contribution >= 0.6 is 11.6 Å². The molecule has 1 atom stereocenters. The predicted molar refractivity (Wildman–Crippen MR) is 93.7 cm³/mol. The van der Waals surface area contributed by atoms with Crippen molar-refractivity contribution in [3.05, 3.63) is 65.2 Å². The summed E-state index contributed by atoms with van der Waals surface area (Å²) in [7, 11) is 0. The Kier molecular flexibility index (Phi) is 5.16. The first-order valence-corrected chi connectivity index (χ1v) is 8.16. The fourth-order valence-corrected chi connectivity index (χ4v) is 2.95. The van der Waals surface area contributed by atoms with E-state index in [0.29, 0.717) is 5.02 Å². The van der Waals surface area contributed by atoms with E-state index < -0.39 is 0 Å². The summed E-state index contributed by atoms with van der Waals surface area (Å²) in [6, 6.07) is 17.5. The number of halogens is 1. The number of likely N-dealkylation sites (tertiary alicyclic amines) is 1. The Morgan fingerprint density at radius 1 is 1.13 bits per heavy atom. The van der Waals surface area contributed by atoms with Gasteiger partial charge in [-0.2, -0.15) is 0 Å². The highest BCUT2D eigenvalue weighted by Crippen LogP contribution is 2.15. The van der Waals surface area contributed by atoms with Gasteiger partial charge in [-0.25, -0.2) is 4.79 Å². The molecule has 3 rings (SSSR count). The van der Waals surface area contributed by atoms with Gasteiger partial charge in [-0.1, -0.05) is 41.9 Å². The highest BCUT2D eigenvalue weighted by atomic mass is 35.5. The molecule has 0 bridgehead atoms. The summed E-state index contributed by atoms with van der Waals surface area (Å²) >= 11 is 5.83. The van der Waals surface area contributed by atoms with Gasteiger partial charge in [0.2, 0.25) is 0 Å². The van der Waals surface area contributed by atoms with Crippen LogP contribution in [0.2, 0.25) is 5.02 Å². The molecular weight excluding hydrogens is 310 g/mol. The van der Waals surface area contributed by atoms with Crippen LogP contribution in [0.4, 0.5) is 10.5 Å². The van der Waals surface area contributed by atoms with Crippen molar-refractivity contribution in [3.8, 4) is 0 Å². The Morgan fingerprint density at radius 2 is 1.87 bits per heavy atom. The molecule has 1 fully saturated rings. The Morgan fingerprint density at radius 3 is 2.61 bits per heavy atom. The van der Waals surface area contributed by atoms with Gasteiger partial charge in [0.15, 0.2) is 0 Å². The second-order valence-electron chi connectivity index (χ2n) is 5.81. The quantitative estimate of drug-likeness (QED) is 0.897. The van der Waals surface area contributed by atoms with Crippen molar-refractivity contribution in [2.45, 2.75) is 19.0 Å². The number of hydrogen-bond donors (Lipinski definition) is 2. The maximum absolute atomic E-state index is 12.0. The van der Waals surface area contributed by atoms with E-state index in [0.717, 1.165) is 31.7 Å². The van der Waals surface area contributed by atoms with Gasteiger partial charge in [-0.3, -0.25) is 4.90 Å². The molecule has 1 saturated heterocycles. The zero-order chi connectivity index (χ0) is 16.1. The number of carbonyl (C=O) groups is 1. The topological polar surface area (TPSA) is 44.4 Å². The smallest absolute Gasteiger partial charge is 0.319 e. The third-order valence-electron chi connectivity index (χ3n) is 3.96. The molecule has 4 nitrogen and oxygen atoms in total. The van der Waals surface area contributed by atoms with E-state index in [9.17, 15) is 4.79 Å². The molecule has 0 radical (unpaired) electrons. The van der Waals surface area contributed by atoms with E-state index in [1.807, 2.05) is 6.07 Å². The number of hydrogen-bond acceptors (Lipinski definition) is 2. The summed E-state index contributed by atoms with van der Waals surface area (Å²) in [5, 5.41) is 6.52. The van der Waals surface area contributed by atoms with E-state index in [-0.39, 0.29) is 12.1 Å². The van der Waals surface area contributed by atoms with Crippen molar-refractivity contribution < 1.29 is 4.79 Å². The summed E-state index contributed by atoms with van der Waals surface area (Å²) in [6.07, 6.45) is 0.973. The van der Waals surface area contributed by atoms with E-state index in [2.05, 4.69) is 39.8 Å². The van der Waals surface area contributed by atoms with Gasteiger partial charge < -0.3 is 10.6 Å². The highest BCUT2D eigenvalue weighted by Gasteiger charge is 2.23. The lowest BCUT2D eigenvalue weighted by Gasteiger charge is -2.17. The molecule has 5 heteroatoms. The fourth-order valence-electron chi connectivity index (χ4n) is 2.82. The standard InChI is InChI=1S/C18H20ClN3O/c19-15-6-8-16(9-7-15)20-18(23)21-17-10-11-22(13-17)12-14-4-2-1-3-5-14/h1-9,17H,10-13H2,(H2,20,21,23). The Bertz CT molecular complexity index is 645. The third-order valence-corrected chi connectivity index (χ3v) is 4.21. The van der Waals surface area contributed by atoms with Crippen molar-refractivity contribution in [1.29, 1.82) is 0 Å². The van der Waals surface area contributed by atoms with E-state index in [1.54, 1.807) is 24.3 Å². The van der Waals surface area contributed by atoms with Gasteiger partial charge in [0.05, 0.1) is 0 Å². The Labute approximate surface area is 141 Å². The molecule has 2 amide bonds. The SMILES string of the molecule is O=C(Nc1ccc(Cl)cc1)NC1CCN(Cc2ccccc2)C1. The minimum absolute atomic E-state index is 0.168. The lowest BCUT2D eigenvalue weighted by Crippen LogP contribution is -2.39. The molecule has 1 aliphatic rings. The molecule has 1 aliphatic heterocycles. The van der Waals surface area contributed by atoms with Crippen molar-refractivity contribution in [3.63, 3.8) is 0 Å². The van der Waals surface area contributed by atoms with Crippen LogP contribution < -0.4 is 10.6 Å². The summed E-state index contributed by atoms with van der Waals surface area (Å²) in [5.41, 5.74) is 2.05. The molecule has 2 aromatic carbocycles. The second-order valence-corrected chi connectivity index (χ2v) is 6.25. The summed E-state index contributed by atoms with van der Waals surface area (Å²) < 4.78 is 0. The van der Waals surface area contributed by atoms with Crippen molar-refractivity contribution >= 4 is 23.3 Å². The highest BCUT2D eigenvalue weighted by molar-refractivity contribution is 6.30. The third kappa shape index (κ3) is 4.71. The molecule has 120 valence electrons. The van der Waals surface area contributed by atoms with E-state index in [1.165, 1.54) is 5.56 Å². The van der Waals surface area contributed by atoms with Crippen molar-refractivity contribution in [1.82, 2.24) is 10.2 Å². The summed E-state index contributed by atoms with van der Waals surface area (Å²) in [6.45, 7) is 2.81. The van der Waals surface area contributed by atoms with Crippen LogP contribution in [0, 0.1) is 0 Å². The molecule has 23 heavy (non-hydrogen) atoms. The average molecular weight is 330 g/mol. The Balaban J connectivity index is 1.46. The number of nitrogens with zero attached hydrogens (tertiary/aromatic N) is 1. The van der Waals surface area contributed by atoms with Crippen molar-refractivity contribution in [2.24, 2.45) is 0 Å². The van der Waals surface area contributed by atoms with Gasteiger partial charge >= 0.3 is 6.03 Å². The summed E-state index contributed by atoms with van der Waals surface area (Å²) in [5.74, 6) is 0. The zero-order valence-corrected chi connectivity index (χ0v) is 13.6. The number of urea groups is 1. The van der Waals surface area contributed by atoms with Gasteiger partial charge in [0.25, 0.3) is 0 Å². The fraction of sp³-hybridized carbons (Fsp3) is 0.278. The number of anilines is 1. The zero-order valence-electron chi connectivity index (χ0n) is 12.8. The van der Waals surface area contributed by atoms with Gasteiger partial charge in [-0.05, 0) is 36.2 Å². The van der Waals surface area contributed by atoms with Crippen molar-refractivity contribution in [2.75, 3.05) is 18.4 Å². The molecule has 0 aromatic heterocycles. The first-order chi connectivity index (χ1) is 11.2. The molecule has 0 spiro atoms. The number of amides is 2. The number of benzene rings is 2. The summed E-state index contributed by atoms with van der Waals surface area (Å²) in [4.78, 5) is 14.4. The lowest BCUT2D eigenvalue weighted by molar-refractivity contribution is 0.247. The molecular formula is C18H20ClN3O. The average Bonchev–Trinajstić information content (AvgIpc) is 2.97. The van der Waals surface area contributed by atoms with Crippen LogP contribution in [0.25, 0.3) is 0 Å². The molecule has 2 aromatic rings. The number of carbonyl (C=O) groups excluding carboxylic acids is 1. The molecule has 2 N–H and O–H groups in total. The van der Waals surface area contributed by atoms with Crippen LogP contribution in [0.1, 0.15) is 12.0 Å². The molecule has 1 unspecified atom stereocenters. The monoisotopic (exact) mass is 329 g/mol. The maximum atomic E-state index is 12.0. The molecule has 0 aliphatic carbocycles. The second kappa shape index (κ2) is 7.49. The van der Waals surface area contributed by atoms with Crippen LogP contribution in [0.3, 0.4) is 0 Å². The van der Waals surface area contributed by atoms with Gasteiger partial charge in [0, 0.05) is 36.4 Å². The van der Waals surface area contributed by atoms with Crippen LogP contribution in [-0.2, 0) is 6.54 Å². The maximum Gasteiger partial charge on any atom is 0.319 e. The Hall–Kier alpha value is -2.04. The minimum atomic E-state index is -0.168. The first-order valence-electron chi connectivity index (χ1n) is 7.78. The normalized spacial score (nSPS) is 17.9. The van der Waals surface area contributed by atoms with E-state index in [4.69, 9.17) is 11.6 Å². The minimum Gasteiger partial charge on any atom is -0.334 e. The molecule has 0 saturated carbocycles. The van der Waals surface area contributed by atoms with E-state index >= 15 is 0 Å². The number of rotatable bonds is 4. The molecule has 1 heterocycles. The number of nitrogens with one attached hydrogen (secondary N) is 2.